The maximum absolute atomic E-state index is 5.74. The van der Waals surface area contributed by atoms with Gasteiger partial charge in [0.2, 0.25) is 0 Å². The first-order valence-corrected chi connectivity index (χ1v) is 9.74. The van der Waals surface area contributed by atoms with Crippen LogP contribution < -0.4 is 15.0 Å². The van der Waals surface area contributed by atoms with Crippen LogP contribution in [0.4, 0.5) is 5.82 Å². The van der Waals surface area contributed by atoms with E-state index in [0.717, 1.165) is 63.2 Å². The number of hydrogen-bond acceptors (Lipinski definition) is 4. The van der Waals surface area contributed by atoms with Crippen molar-refractivity contribution in [3.8, 4) is 5.75 Å². The normalized spacial score (nSPS) is 14.4. The topological polar surface area (TPSA) is 53.0 Å². The van der Waals surface area contributed by atoms with E-state index in [2.05, 4.69) is 33.1 Å². The van der Waals surface area contributed by atoms with Gasteiger partial charge >= 0.3 is 0 Å². The molecule has 2 heterocycles. The summed E-state index contributed by atoms with van der Waals surface area (Å²) in [6.07, 6.45) is 2.75. The molecule has 3 rings (SSSR count). The van der Waals surface area contributed by atoms with E-state index in [1.807, 2.05) is 48.7 Å². The van der Waals surface area contributed by atoms with Crippen molar-refractivity contribution >= 4 is 35.8 Å². The second-order valence-electron chi connectivity index (χ2n) is 6.41. The summed E-state index contributed by atoms with van der Waals surface area (Å²) < 4.78 is 5.74. The maximum atomic E-state index is 5.74. The summed E-state index contributed by atoms with van der Waals surface area (Å²) in [5.74, 6) is 2.97. The molecule has 0 bridgehead atoms. The van der Waals surface area contributed by atoms with Crippen molar-refractivity contribution in [2.24, 2.45) is 4.99 Å². The van der Waals surface area contributed by atoms with E-state index in [1.54, 1.807) is 0 Å². The number of benzene rings is 1. The average Bonchev–Trinajstić information content (AvgIpc) is 2.74. The van der Waals surface area contributed by atoms with E-state index in [1.165, 1.54) is 0 Å². The number of aromatic nitrogens is 1. The van der Waals surface area contributed by atoms with Gasteiger partial charge in [0.15, 0.2) is 5.96 Å². The lowest BCUT2D eigenvalue weighted by Gasteiger charge is -2.37. The zero-order chi connectivity index (χ0) is 18.7. The standard InChI is InChI=1S/C21H29N5O.HI/c1-2-22-21(24-13-8-18-27-19-9-4-3-5-10-19)26-16-14-25(15-17-26)20-11-6-7-12-23-20;/h3-7,9-12H,2,8,13-18H2,1H3,(H,22,24);1H. The predicted molar refractivity (Wildman–Crippen MR) is 126 cm³/mol. The fourth-order valence-corrected chi connectivity index (χ4v) is 3.07. The fourth-order valence-electron chi connectivity index (χ4n) is 3.07. The van der Waals surface area contributed by atoms with Crippen LogP contribution in [0.25, 0.3) is 0 Å². The van der Waals surface area contributed by atoms with Gasteiger partial charge in [-0.25, -0.2) is 4.98 Å². The molecule has 0 spiro atoms. The number of para-hydroxylation sites is 1. The van der Waals surface area contributed by atoms with Gasteiger partial charge in [0.25, 0.3) is 0 Å². The summed E-state index contributed by atoms with van der Waals surface area (Å²) >= 11 is 0. The summed E-state index contributed by atoms with van der Waals surface area (Å²) in [5, 5.41) is 3.42. The van der Waals surface area contributed by atoms with Gasteiger partial charge in [-0.3, -0.25) is 4.99 Å². The number of aliphatic imine (C=N–C) groups is 1. The van der Waals surface area contributed by atoms with Gasteiger partial charge in [-0.15, -0.1) is 24.0 Å². The number of guanidine groups is 1. The monoisotopic (exact) mass is 495 g/mol. The molecule has 1 fully saturated rings. The van der Waals surface area contributed by atoms with E-state index in [-0.39, 0.29) is 24.0 Å². The second kappa shape index (κ2) is 12.4. The third-order valence-corrected chi connectivity index (χ3v) is 4.46. The minimum atomic E-state index is 0. The molecule has 6 nitrogen and oxygen atoms in total. The number of halogens is 1. The van der Waals surface area contributed by atoms with Crippen LogP contribution in [-0.4, -0.2) is 61.7 Å². The first-order chi connectivity index (χ1) is 13.4. The Morgan fingerprint density at radius 3 is 2.50 bits per heavy atom. The smallest absolute Gasteiger partial charge is 0.194 e. The van der Waals surface area contributed by atoms with Gasteiger partial charge in [-0.05, 0) is 31.2 Å². The van der Waals surface area contributed by atoms with Crippen LogP contribution in [0.15, 0.2) is 59.7 Å². The van der Waals surface area contributed by atoms with Crippen LogP contribution in [0, 0.1) is 0 Å². The summed E-state index contributed by atoms with van der Waals surface area (Å²) in [6, 6.07) is 16.0. The van der Waals surface area contributed by atoms with E-state index in [0.29, 0.717) is 6.61 Å². The highest BCUT2D eigenvalue weighted by Crippen LogP contribution is 2.12. The molecule has 0 amide bonds. The number of hydrogen-bond donors (Lipinski definition) is 1. The lowest BCUT2D eigenvalue weighted by molar-refractivity contribution is 0.312. The summed E-state index contributed by atoms with van der Waals surface area (Å²) in [5.41, 5.74) is 0. The highest BCUT2D eigenvalue weighted by Gasteiger charge is 2.20. The van der Waals surface area contributed by atoms with Crippen molar-refractivity contribution < 1.29 is 4.74 Å². The number of piperazine rings is 1. The Hall–Kier alpha value is -2.03. The van der Waals surface area contributed by atoms with E-state index < -0.39 is 0 Å². The van der Waals surface area contributed by atoms with E-state index >= 15 is 0 Å². The van der Waals surface area contributed by atoms with Crippen LogP contribution in [0.2, 0.25) is 0 Å². The summed E-state index contributed by atoms with van der Waals surface area (Å²) in [7, 11) is 0. The van der Waals surface area contributed by atoms with Crippen molar-refractivity contribution in [3.05, 3.63) is 54.7 Å². The molecule has 1 saturated heterocycles. The lowest BCUT2D eigenvalue weighted by atomic mass is 10.3. The number of anilines is 1. The molecule has 0 aliphatic carbocycles. The highest BCUT2D eigenvalue weighted by molar-refractivity contribution is 14.0. The molecule has 0 atom stereocenters. The van der Waals surface area contributed by atoms with Crippen LogP contribution in [0.5, 0.6) is 5.75 Å². The third-order valence-electron chi connectivity index (χ3n) is 4.46. The minimum absolute atomic E-state index is 0. The van der Waals surface area contributed by atoms with Crippen molar-refractivity contribution in [2.75, 3.05) is 50.8 Å². The molecule has 1 aliphatic heterocycles. The zero-order valence-electron chi connectivity index (χ0n) is 16.5. The molecule has 1 aromatic carbocycles. The summed E-state index contributed by atoms with van der Waals surface area (Å²) in [4.78, 5) is 13.9. The molecule has 0 saturated carbocycles. The molecule has 2 aromatic rings. The Bertz CT molecular complexity index is 690. The number of rotatable bonds is 7. The van der Waals surface area contributed by atoms with Gasteiger partial charge in [0.1, 0.15) is 11.6 Å². The molecular weight excluding hydrogens is 465 g/mol. The molecule has 28 heavy (non-hydrogen) atoms. The Balaban J connectivity index is 0.00000280. The predicted octanol–water partition coefficient (Wildman–Crippen LogP) is 3.26. The second-order valence-corrected chi connectivity index (χ2v) is 6.41. The average molecular weight is 495 g/mol. The van der Waals surface area contributed by atoms with Crippen molar-refractivity contribution in [1.29, 1.82) is 0 Å². The van der Waals surface area contributed by atoms with Crippen molar-refractivity contribution in [1.82, 2.24) is 15.2 Å². The SMILES string of the molecule is CCNC(=NCCCOc1ccccc1)N1CCN(c2ccccn2)CC1.I. The quantitative estimate of drug-likeness (QED) is 0.277. The Kier molecular flexibility index (Phi) is 9.88. The maximum Gasteiger partial charge on any atom is 0.194 e. The molecule has 1 aromatic heterocycles. The summed E-state index contributed by atoms with van der Waals surface area (Å²) in [6.45, 7) is 8.23. The van der Waals surface area contributed by atoms with Gasteiger partial charge < -0.3 is 19.9 Å². The van der Waals surface area contributed by atoms with Crippen LogP contribution >= 0.6 is 24.0 Å². The molecule has 1 N–H and O–H groups in total. The largest absolute Gasteiger partial charge is 0.494 e. The van der Waals surface area contributed by atoms with Crippen LogP contribution in [0.1, 0.15) is 13.3 Å². The molecule has 0 radical (unpaired) electrons. The molecule has 0 unspecified atom stereocenters. The number of pyridine rings is 1. The fraction of sp³-hybridized carbons (Fsp3) is 0.429. The van der Waals surface area contributed by atoms with Crippen molar-refractivity contribution in [3.63, 3.8) is 0 Å². The van der Waals surface area contributed by atoms with Gasteiger partial charge in [0, 0.05) is 51.9 Å². The van der Waals surface area contributed by atoms with E-state index in [4.69, 9.17) is 9.73 Å². The number of nitrogens with zero attached hydrogens (tertiary/aromatic N) is 4. The van der Waals surface area contributed by atoms with Gasteiger partial charge in [-0.1, -0.05) is 24.3 Å². The lowest BCUT2D eigenvalue weighted by Crippen LogP contribution is -2.52. The molecule has 7 heteroatoms. The molecule has 1 aliphatic rings. The van der Waals surface area contributed by atoms with Crippen LogP contribution in [-0.2, 0) is 0 Å². The van der Waals surface area contributed by atoms with Gasteiger partial charge in [0.05, 0.1) is 6.61 Å². The van der Waals surface area contributed by atoms with Crippen molar-refractivity contribution in [2.45, 2.75) is 13.3 Å². The minimum Gasteiger partial charge on any atom is -0.494 e. The highest BCUT2D eigenvalue weighted by atomic mass is 127. The Labute approximate surface area is 185 Å². The molecule has 152 valence electrons. The Morgan fingerprint density at radius 1 is 1.07 bits per heavy atom. The first kappa shape index (κ1) is 22.3. The Morgan fingerprint density at radius 2 is 1.82 bits per heavy atom. The zero-order valence-corrected chi connectivity index (χ0v) is 18.8. The third kappa shape index (κ3) is 6.85. The number of nitrogens with one attached hydrogen (secondary N) is 1. The van der Waals surface area contributed by atoms with E-state index in [9.17, 15) is 0 Å². The van der Waals surface area contributed by atoms with Gasteiger partial charge in [-0.2, -0.15) is 0 Å². The first-order valence-electron chi connectivity index (χ1n) is 9.74. The van der Waals surface area contributed by atoms with Crippen LogP contribution in [0.3, 0.4) is 0 Å². The number of ether oxygens (including phenoxy) is 1. The molecular formula is C21H30IN5O.